The van der Waals surface area contributed by atoms with Crippen molar-refractivity contribution < 1.29 is 53.5 Å². The Morgan fingerprint density at radius 3 is 2.44 bits per heavy atom. The molecule has 2 heterocycles. The molecule has 2 aliphatic carbocycles. The summed E-state index contributed by atoms with van der Waals surface area (Å²) >= 11 is 0. The summed E-state index contributed by atoms with van der Waals surface area (Å²) in [4.78, 5) is 65.7. The third-order valence-corrected chi connectivity index (χ3v) is 8.77. The topological polar surface area (TPSA) is 189 Å². The molecule has 6 rings (SSSR count). The van der Waals surface area contributed by atoms with E-state index in [1.807, 2.05) is 6.92 Å². The fourth-order valence-electron chi connectivity index (χ4n) is 6.56. The van der Waals surface area contributed by atoms with E-state index in [0.717, 1.165) is 29.9 Å². The number of hydrogen-bond acceptors (Lipinski definition) is 11. The molecule has 1 fully saturated rings. The van der Waals surface area contributed by atoms with E-state index in [9.17, 15) is 39.3 Å². The summed E-state index contributed by atoms with van der Waals surface area (Å²) in [5.41, 5.74) is -3.38. The van der Waals surface area contributed by atoms with Crippen LogP contribution in [-0.2, 0) is 30.3 Å². The zero-order valence-corrected chi connectivity index (χ0v) is 24.6. The molecule has 0 spiro atoms. The third kappa shape index (κ3) is 5.06. The average molecular weight is 621 g/mol. The number of nitrogens with one attached hydrogen (secondary N) is 1. The minimum absolute atomic E-state index is 0.0376. The van der Waals surface area contributed by atoms with Gasteiger partial charge in [-0.25, -0.2) is 0 Å². The number of ether oxygens (including phenoxy) is 3. The number of fused-ring (bicyclic) bond motifs is 3. The first-order valence-corrected chi connectivity index (χ1v) is 14.7. The lowest BCUT2D eigenvalue weighted by Gasteiger charge is -2.40. The Bertz CT molecular complexity index is 1660. The molecule has 2 aromatic carbocycles. The maximum absolute atomic E-state index is 13.8. The number of rotatable bonds is 7. The highest BCUT2D eigenvalue weighted by atomic mass is 16.7. The molecule has 0 saturated carbocycles. The van der Waals surface area contributed by atoms with Crippen LogP contribution in [-0.4, -0.2) is 87.7 Å². The number of benzene rings is 2. The van der Waals surface area contributed by atoms with Crippen molar-refractivity contribution >= 4 is 29.3 Å². The van der Waals surface area contributed by atoms with Crippen LogP contribution in [0.3, 0.4) is 0 Å². The first kappa shape index (κ1) is 30.4. The van der Waals surface area contributed by atoms with E-state index >= 15 is 0 Å². The lowest BCUT2D eigenvalue weighted by atomic mass is 9.72. The Labute approximate surface area is 257 Å². The number of aromatic hydroxyl groups is 2. The van der Waals surface area contributed by atoms with Gasteiger partial charge in [0.2, 0.25) is 5.78 Å². The number of phenolic OH excluding ortho intramolecular Hbond substituents is 2. The highest BCUT2D eigenvalue weighted by Gasteiger charge is 2.50. The normalized spacial score (nSPS) is 25.6. The molecule has 4 atom stereocenters. The minimum Gasteiger partial charge on any atom is -0.507 e. The van der Waals surface area contributed by atoms with E-state index in [0.29, 0.717) is 6.42 Å². The van der Waals surface area contributed by atoms with Gasteiger partial charge in [-0.05, 0) is 32.3 Å². The Morgan fingerprint density at radius 2 is 1.76 bits per heavy atom. The second kappa shape index (κ2) is 11.4. The molecule has 0 aromatic heterocycles. The maximum atomic E-state index is 13.8. The van der Waals surface area contributed by atoms with E-state index < -0.39 is 82.8 Å². The van der Waals surface area contributed by atoms with Gasteiger partial charge in [0.25, 0.3) is 17.7 Å². The standard InChI is InChI=1S/C32H32N2O11/c1-15-5-3-8-22(44-15)45-19-14-32(42,31(41)33-11-12-34-20(35)9-10-21(34)36)13-17-24(19)30(40)26-25(28(17)38)27(37)16-6-4-7-18(43-2)23(16)29(26)39/h4,6-7,9-10,15,19,22,38,40,42H,3,5,8,11-14H2,1-2H3,(H,33,41)/t15-,19-,22-,32-/m0/s1. The summed E-state index contributed by atoms with van der Waals surface area (Å²) in [6.07, 6.45) is 1.14. The number of carbonyl (C=O) groups is 5. The lowest BCUT2D eigenvalue weighted by molar-refractivity contribution is -0.223. The van der Waals surface area contributed by atoms with Gasteiger partial charge in [0.1, 0.15) is 22.8 Å². The second-order valence-corrected chi connectivity index (χ2v) is 11.6. The molecule has 4 N–H and O–H groups in total. The second-order valence-electron chi connectivity index (χ2n) is 11.6. The number of methoxy groups -OCH3 is 1. The highest BCUT2D eigenvalue weighted by Crippen LogP contribution is 2.52. The van der Waals surface area contributed by atoms with Crippen LogP contribution in [0.1, 0.15) is 81.7 Å². The van der Waals surface area contributed by atoms with Crippen molar-refractivity contribution in [3.05, 3.63) is 63.7 Å². The molecule has 236 valence electrons. The van der Waals surface area contributed by atoms with Crippen molar-refractivity contribution in [1.82, 2.24) is 10.2 Å². The summed E-state index contributed by atoms with van der Waals surface area (Å²) < 4.78 is 17.5. The Morgan fingerprint density at radius 1 is 1.04 bits per heavy atom. The summed E-state index contributed by atoms with van der Waals surface area (Å²) in [6, 6.07) is 4.42. The summed E-state index contributed by atoms with van der Waals surface area (Å²) in [6.45, 7) is 1.55. The van der Waals surface area contributed by atoms with Gasteiger partial charge < -0.3 is 34.8 Å². The molecular formula is C32H32N2O11. The van der Waals surface area contributed by atoms with Gasteiger partial charge in [0.05, 0.1) is 36.0 Å². The number of aliphatic hydroxyl groups is 1. The molecule has 3 amide bonds. The summed E-state index contributed by atoms with van der Waals surface area (Å²) in [7, 11) is 1.34. The average Bonchev–Trinajstić information content (AvgIpc) is 3.33. The van der Waals surface area contributed by atoms with Crippen molar-refractivity contribution in [3.8, 4) is 17.2 Å². The molecule has 1 saturated heterocycles. The number of amides is 3. The minimum atomic E-state index is -2.23. The van der Waals surface area contributed by atoms with Crippen LogP contribution in [0.15, 0.2) is 30.4 Å². The number of ketones is 2. The number of nitrogens with zero attached hydrogens (tertiary/aromatic N) is 1. The maximum Gasteiger partial charge on any atom is 0.253 e. The lowest BCUT2D eigenvalue weighted by Crippen LogP contribution is -2.53. The first-order chi connectivity index (χ1) is 21.4. The molecule has 13 heteroatoms. The number of phenols is 2. The third-order valence-electron chi connectivity index (χ3n) is 8.77. The molecule has 2 aliphatic heterocycles. The summed E-state index contributed by atoms with van der Waals surface area (Å²) in [5, 5.41) is 37.5. The zero-order valence-electron chi connectivity index (χ0n) is 24.6. The predicted molar refractivity (Wildman–Crippen MR) is 154 cm³/mol. The van der Waals surface area contributed by atoms with Crippen molar-refractivity contribution in [2.75, 3.05) is 20.2 Å². The number of carbonyl (C=O) groups excluding carboxylic acids is 5. The molecule has 45 heavy (non-hydrogen) atoms. The Kier molecular flexibility index (Phi) is 7.71. The quantitative estimate of drug-likeness (QED) is 0.222. The highest BCUT2D eigenvalue weighted by molar-refractivity contribution is 6.31. The van der Waals surface area contributed by atoms with Crippen LogP contribution in [0, 0.1) is 0 Å². The fraction of sp³-hybridized carbons (Fsp3) is 0.406. The van der Waals surface area contributed by atoms with Crippen LogP contribution < -0.4 is 10.1 Å². The van der Waals surface area contributed by atoms with E-state index in [4.69, 9.17) is 14.2 Å². The van der Waals surface area contributed by atoms with Gasteiger partial charge in [-0.2, -0.15) is 0 Å². The van der Waals surface area contributed by atoms with E-state index in [1.54, 1.807) is 0 Å². The number of hydrogen-bond donors (Lipinski definition) is 4. The molecule has 4 aliphatic rings. The van der Waals surface area contributed by atoms with Crippen LogP contribution in [0.5, 0.6) is 17.2 Å². The summed E-state index contributed by atoms with van der Waals surface area (Å²) in [5.74, 6) is -4.60. The monoisotopic (exact) mass is 620 g/mol. The SMILES string of the molecule is COc1cccc2c1C(=O)c1c(O)c3c(c(O)c1C2=O)C[C@@](O)(C(=O)NCCN1C(=O)C=CC1=O)C[C@@H]3O[C@H]1CCC[C@H](C)O1. The Hall–Kier alpha value is -4.59. The molecule has 0 radical (unpaired) electrons. The van der Waals surface area contributed by atoms with Crippen LogP contribution in [0.2, 0.25) is 0 Å². The van der Waals surface area contributed by atoms with Crippen molar-refractivity contribution in [2.24, 2.45) is 0 Å². The Balaban J connectivity index is 1.39. The van der Waals surface area contributed by atoms with E-state index in [-0.39, 0.29) is 47.2 Å². The smallest absolute Gasteiger partial charge is 0.253 e. The molecule has 0 bridgehead atoms. The number of imide groups is 1. The van der Waals surface area contributed by atoms with Gasteiger partial charge in [-0.15, -0.1) is 0 Å². The molecule has 2 aromatic rings. The van der Waals surface area contributed by atoms with Gasteiger partial charge in [-0.1, -0.05) is 12.1 Å². The van der Waals surface area contributed by atoms with Gasteiger partial charge in [-0.3, -0.25) is 28.9 Å². The van der Waals surface area contributed by atoms with E-state index in [2.05, 4.69) is 5.32 Å². The van der Waals surface area contributed by atoms with Crippen molar-refractivity contribution in [1.29, 1.82) is 0 Å². The van der Waals surface area contributed by atoms with Crippen molar-refractivity contribution in [3.63, 3.8) is 0 Å². The molecule has 13 nitrogen and oxygen atoms in total. The first-order valence-electron chi connectivity index (χ1n) is 14.7. The van der Waals surface area contributed by atoms with Gasteiger partial charge in [0, 0.05) is 54.8 Å². The molecular weight excluding hydrogens is 588 g/mol. The van der Waals surface area contributed by atoms with Crippen LogP contribution in [0.4, 0.5) is 0 Å². The fourth-order valence-corrected chi connectivity index (χ4v) is 6.56. The van der Waals surface area contributed by atoms with Crippen molar-refractivity contribution in [2.45, 2.75) is 63.1 Å². The zero-order chi connectivity index (χ0) is 32.2. The predicted octanol–water partition coefficient (Wildman–Crippen LogP) is 1.57. The van der Waals surface area contributed by atoms with Gasteiger partial charge >= 0.3 is 0 Å². The largest absolute Gasteiger partial charge is 0.507 e. The van der Waals surface area contributed by atoms with E-state index in [1.165, 1.54) is 25.3 Å². The molecule has 0 unspecified atom stereocenters. The van der Waals surface area contributed by atoms with Gasteiger partial charge in [0.15, 0.2) is 12.1 Å². The van der Waals surface area contributed by atoms with Crippen LogP contribution >= 0.6 is 0 Å². The van der Waals surface area contributed by atoms with Crippen LogP contribution in [0.25, 0.3) is 0 Å².